The van der Waals surface area contributed by atoms with E-state index in [4.69, 9.17) is 0 Å². The fourth-order valence-electron chi connectivity index (χ4n) is 5.57. The number of nitro groups is 1. The van der Waals surface area contributed by atoms with E-state index in [1.165, 1.54) is 30.3 Å². The molecular weight excluding hydrogens is 605 g/mol. The summed E-state index contributed by atoms with van der Waals surface area (Å²) < 4.78 is 13.4. The van der Waals surface area contributed by atoms with E-state index < -0.39 is 52.6 Å². The largest absolute Gasteiger partial charge is 0.292 e. The normalized spacial score (nSPS) is 28.4. The van der Waals surface area contributed by atoms with E-state index in [1.54, 1.807) is 0 Å². The van der Waals surface area contributed by atoms with E-state index in [0.717, 1.165) is 28.2 Å². The van der Waals surface area contributed by atoms with Gasteiger partial charge in [-0.25, -0.2) is 9.40 Å². The van der Waals surface area contributed by atoms with Crippen LogP contribution in [0.1, 0.15) is 27.1 Å². The predicted molar refractivity (Wildman–Crippen MR) is 131 cm³/mol. The molecule has 12 heteroatoms. The van der Waals surface area contributed by atoms with Crippen molar-refractivity contribution in [3.63, 3.8) is 0 Å². The number of rotatable bonds is 6. The maximum atomic E-state index is 13.6. The Bertz CT molecular complexity index is 1270. The van der Waals surface area contributed by atoms with Gasteiger partial charge in [0.25, 0.3) is 23.4 Å². The zero-order valence-corrected chi connectivity index (χ0v) is 21.6. The Labute approximate surface area is 221 Å². The highest BCUT2D eigenvalue weighted by Crippen LogP contribution is 2.60. The van der Waals surface area contributed by atoms with Gasteiger partial charge in [-0.1, -0.05) is 37.9 Å². The molecule has 6 atom stereocenters. The third kappa shape index (κ3) is 3.86. The molecule has 3 fully saturated rings. The number of hydrogen-bond donors (Lipinski definition) is 0. The molecular formula is C24H18Br2FN3O6. The molecule has 2 aromatic rings. The number of hydrazine groups is 1. The summed E-state index contributed by atoms with van der Waals surface area (Å²) in [6.07, 6.45) is 0.680. The van der Waals surface area contributed by atoms with E-state index in [0.29, 0.717) is 6.42 Å². The van der Waals surface area contributed by atoms with Crippen LogP contribution in [-0.2, 0) is 9.59 Å². The van der Waals surface area contributed by atoms with Gasteiger partial charge in [0.2, 0.25) is 0 Å². The van der Waals surface area contributed by atoms with Gasteiger partial charge in [0.15, 0.2) is 5.78 Å². The number of alkyl halides is 2. The summed E-state index contributed by atoms with van der Waals surface area (Å²) in [5, 5.41) is 12.7. The maximum Gasteiger partial charge on any atom is 0.273 e. The highest BCUT2D eigenvalue weighted by Gasteiger charge is 2.67. The number of nitrogens with zero attached hydrogens (tertiary/aromatic N) is 3. The van der Waals surface area contributed by atoms with Crippen LogP contribution >= 0.6 is 31.9 Å². The Balaban J connectivity index is 1.52. The minimum absolute atomic E-state index is 0.0257. The van der Waals surface area contributed by atoms with Crippen LogP contribution in [0.2, 0.25) is 0 Å². The summed E-state index contributed by atoms with van der Waals surface area (Å²) in [6, 6.07) is 9.48. The van der Waals surface area contributed by atoms with Crippen LogP contribution in [-0.4, -0.2) is 54.6 Å². The van der Waals surface area contributed by atoms with Gasteiger partial charge in [0, 0.05) is 32.9 Å². The van der Waals surface area contributed by atoms with Gasteiger partial charge in [0.1, 0.15) is 12.4 Å². The van der Waals surface area contributed by atoms with Crippen LogP contribution in [0.15, 0.2) is 48.5 Å². The van der Waals surface area contributed by atoms with Crippen molar-refractivity contribution in [2.75, 3.05) is 6.54 Å². The summed E-state index contributed by atoms with van der Waals surface area (Å²) in [6.45, 7) is -0.686. The zero-order valence-electron chi connectivity index (χ0n) is 18.4. The second-order valence-electron chi connectivity index (χ2n) is 9.09. The van der Waals surface area contributed by atoms with Gasteiger partial charge in [-0.2, -0.15) is 5.01 Å². The third-order valence-corrected chi connectivity index (χ3v) is 10.4. The summed E-state index contributed by atoms with van der Waals surface area (Å²) in [5.74, 6) is -4.76. The second kappa shape index (κ2) is 9.15. The first-order valence-corrected chi connectivity index (χ1v) is 12.9. The first-order chi connectivity index (χ1) is 17.1. The van der Waals surface area contributed by atoms with Gasteiger partial charge in [-0.15, -0.1) is 0 Å². The molecule has 0 aromatic heterocycles. The highest BCUT2D eigenvalue weighted by atomic mass is 79.9. The van der Waals surface area contributed by atoms with Crippen molar-refractivity contribution in [2.24, 2.45) is 23.7 Å². The van der Waals surface area contributed by atoms with Crippen LogP contribution in [0.5, 0.6) is 0 Å². The number of benzene rings is 2. The number of Topliss-reactive ketones (excluding diaryl/α,β-unsaturated/α-hetero) is 1. The van der Waals surface area contributed by atoms with Crippen molar-refractivity contribution >= 4 is 61.1 Å². The lowest BCUT2D eigenvalue weighted by Crippen LogP contribution is -2.52. The van der Waals surface area contributed by atoms with Gasteiger partial charge < -0.3 is 0 Å². The number of non-ortho nitro benzene ring substituents is 1. The molecule has 2 aromatic carbocycles. The lowest BCUT2D eigenvalue weighted by Gasteiger charge is -2.30. The number of amides is 3. The van der Waals surface area contributed by atoms with Gasteiger partial charge >= 0.3 is 0 Å². The van der Waals surface area contributed by atoms with Crippen LogP contribution in [0, 0.1) is 39.6 Å². The van der Waals surface area contributed by atoms with Crippen LogP contribution < -0.4 is 0 Å². The third-order valence-electron chi connectivity index (χ3n) is 7.20. The first kappa shape index (κ1) is 24.7. The summed E-state index contributed by atoms with van der Waals surface area (Å²) in [5.41, 5.74) is -0.439. The first-order valence-electron chi connectivity index (χ1n) is 11.1. The Kier molecular flexibility index (Phi) is 6.27. The number of halogens is 3. The van der Waals surface area contributed by atoms with Crippen molar-refractivity contribution in [3.8, 4) is 0 Å². The van der Waals surface area contributed by atoms with Crippen LogP contribution in [0.3, 0.4) is 0 Å². The maximum absolute atomic E-state index is 13.6. The van der Waals surface area contributed by atoms with Crippen molar-refractivity contribution in [2.45, 2.75) is 16.1 Å². The van der Waals surface area contributed by atoms with E-state index in [1.807, 2.05) is 0 Å². The molecule has 3 amide bonds. The SMILES string of the molecule is O=C(CN(C(=O)c1cccc([N+](=O)[O-])c1)N1C(=O)[C@@H]2[C@H]3C[C@@H]([C@@H](Br)[C@H]3Br)[C@H]2C1=O)c1ccc(F)cc1. The number of hydrogen-bond acceptors (Lipinski definition) is 6. The average molecular weight is 623 g/mol. The lowest BCUT2D eigenvalue weighted by molar-refractivity contribution is -0.384. The minimum atomic E-state index is -0.908. The molecule has 0 spiro atoms. The molecule has 1 saturated heterocycles. The zero-order chi connectivity index (χ0) is 25.9. The number of ketones is 1. The van der Waals surface area contributed by atoms with Crippen molar-refractivity contribution in [1.82, 2.24) is 10.0 Å². The van der Waals surface area contributed by atoms with Gasteiger partial charge in [-0.3, -0.25) is 29.3 Å². The molecule has 5 rings (SSSR count). The molecule has 3 aliphatic rings. The number of nitro benzene ring substituents is 1. The Morgan fingerprint density at radius 2 is 1.58 bits per heavy atom. The van der Waals surface area contributed by atoms with E-state index in [-0.39, 0.29) is 38.3 Å². The predicted octanol–water partition coefficient (Wildman–Crippen LogP) is 3.75. The molecule has 0 unspecified atom stereocenters. The quantitative estimate of drug-likeness (QED) is 0.159. The molecule has 0 N–H and O–H groups in total. The Morgan fingerprint density at radius 1 is 1.00 bits per heavy atom. The Hall–Kier alpha value is -2.99. The monoisotopic (exact) mass is 621 g/mol. The molecule has 2 aliphatic carbocycles. The fourth-order valence-corrected chi connectivity index (χ4v) is 7.44. The molecule has 2 bridgehead atoms. The average Bonchev–Trinajstić information content (AvgIpc) is 3.47. The fraction of sp³-hybridized carbons (Fsp3) is 0.333. The molecule has 9 nitrogen and oxygen atoms in total. The van der Waals surface area contributed by atoms with Gasteiger partial charge in [-0.05, 0) is 48.6 Å². The smallest absolute Gasteiger partial charge is 0.273 e. The van der Waals surface area contributed by atoms with E-state index >= 15 is 0 Å². The van der Waals surface area contributed by atoms with Crippen LogP contribution in [0.4, 0.5) is 10.1 Å². The standard InChI is InChI=1S/C24H18Br2FN3O6/c25-20-15-9-16(21(20)26)19-18(15)23(33)29(24(19)34)28(10-17(31)11-4-6-13(27)7-5-11)22(32)12-2-1-3-14(8-12)30(35)36/h1-8,15-16,18-21H,9-10H2/t15-,16-,18-,19-,20-,21+/m1/s1. The summed E-state index contributed by atoms with van der Waals surface area (Å²) in [4.78, 5) is 64.3. The van der Waals surface area contributed by atoms with E-state index in [9.17, 15) is 33.7 Å². The molecule has 1 aliphatic heterocycles. The lowest BCUT2D eigenvalue weighted by atomic mass is 9.81. The van der Waals surface area contributed by atoms with Crippen molar-refractivity contribution in [3.05, 3.63) is 75.6 Å². The van der Waals surface area contributed by atoms with Crippen molar-refractivity contribution in [1.29, 1.82) is 0 Å². The topological polar surface area (TPSA) is 118 Å². The Morgan fingerprint density at radius 3 is 2.14 bits per heavy atom. The molecule has 2 saturated carbocycles. The summed E-state index contributed by atoms with van der Waals surface area (Å²) >= 11 is 7.21. The number of imide groups is 1. The number of carbonyl (C=O) groups is 4. The van der Waals surface area contributed by atoms with Crippen molar-refractivity contribution < 1.29 is 28.5 Å². The van der Waals surface area contributed by atoms with E-state index in [2.05, 4.69) is 31.9 Å². The number of fused-ring (bicyclic) bond motifs is 5. The minimum Gasteiger partial charge on any atom is -0.292 e. The molecule has 36 heavy (non-hydrogen) atoms. The molecule has 1 heterocycles. The summed E-state index contributed by atoms with van der Waals surface area (Å²) in [7, 11) is 0. The van der Waals surface area contributed by atoms with Crippen LogP contribution in [0.25, 0.3) is 0 Å². The highest BCUT2D eigenvalue weighted by molar-refractivity contribution is 9.12. The number of carbonyl (C=O) groups excluding carboxylic acids is 4. The second-order valence-corrected chi connectivity index (χ2v) is 11.2. The van der Waals surface area contributed by atoms with Gasteiger partial charge in [0.05, 0.1) is 16.8 Å². The molecule has 186 valence electrons. The molecule has 0 radical (unpaired) electrons.